The van der Waals surface area contributed by atoms with Gasteiger partial charge in [0.2, 0.25) is 0 Å². The normalized spacial score (nSPS) is 14.2. The van der Waals surface area contributed by atoms with E-state index < -0.39 is 0 Å². The highest BCUT2D eigenvalue weighted by atomic mass is 16.1. The molecular formula is C22H18N4O. The number of carbonyl (C=O) groups excluding carboxylic acids is 1. The van der Waals surface area contributed by atoms with Gasteiger partial charge in [-0.15, -0.1) is 5.10 Å². The van der Waals surface area contributed by atoms with Gasteiger partial charge in [-0.2, -0.15) is 4.98 Å². The number of aldehydes is 1. The quantitative estimate of drug-likeness (QED) is 0.505. The molecule has 0 atom stereocenters. The van der Waals surface area contributed by atoms with Gasteiger partial charge < -0.3 is 0 Å². The molecule has 1 aliphatic carbocycles. The Balaban J connectivity index is 1.71. The van der Waals surface area contributed by atoms with E-state index in [1.54, 1.807) is 4.52 Å². The van der Waals surface area contributed by atoms with E-state index in [4.69, 9.17) is 4.98 Å². The minimum Gasteiger partial charge on any atom is -0.298 e. The third-order valence-corrected chi connectivity index (χ3v) is 5.22. The number of hydrogen-bond donors (Lipinski definition) is 0. The molecule has 1 fully saturated rings. The number of benzene rings is 2. The van der Waals surface area contributed by atoms with Crippen LogP contribution in [0.5, 0.6) is 0 Å². The topological polar surface area (TPSA) is 60.2 Å². The second kappa shape index (κ2) is 6.43. The molecule has 27 heavy (non-hydrogen) atoms. The lowest BCUT2D eigenvalue weighted by Crippen LogP contribution is -2.10. The van der Waals surface area contributed by atoms with E-state index in [9.17, 15) is 4.79 Å². The van der Waals surface area contributed by atoms with Crippen LogP contribution in [0.1, 0.15) is 41.4 Å². The summed E-state index contributed by atoms with van der Waals surface area (Å²) in [6.07, 6.45) is 6.42. The molecular weight excluding hydrogens is 336 g/mol. The van der Waals surface area contributed by atoms with E-state index in [-0.39, 0.29) is 0 Å². The summed E-state index contributed by atoms with van der Waals surface area (Å²) >= 11 is 0. The van der Waals surface area contributed by atoms with Crippen LogP contribution in [0, 0.1) is 0 Å². The van der Waals surface area contributed by atoms with Crippen LogP contribution in [0.3, 0.4) is 0 Å². The van der Waals surface area contributed by atoms with Crippen molar-refractivity contribution in [2.24, 2.45) is 0 Å². The van der Waals surface area contributed by atoms with Crippen molar-refractivity contribution < 1.29 is 4.79 Å². The SMILES string of the molecule is O=Cc1ccc(-c2nc3nc(C4CCC4)nn3cc2-c2ccccc2)cc1. The minimum absolute atomic E-state index is 0.460. The lowest BCUT2D eigenvalue weighted by molar-refractivity contribution is 0.112. The lowest BCUT2D eigenvalue weighted by Gasteiger charge is -2.21. The number of nitrogens with zero attached hydrogens (tertiary/aromatic N) is 4. The molecule has 2 aromatic carbocycles. The number of aromatic nitrogens is 4. The highest BCUT2D eigenvalue weighted by molar-refractivity contribution is 5.83. The van der Waals surface area contributed by atoms with E-state index in [1.807, 2.05) is 48.7 Å². The Morgan fingerprint density at radius 3 is 2.37 bits per heavy atom. The summed E-state index contributed by atoms with van der Waals surface area (Å²) in [4.78, 5) is 20.5. The molecule has 0 saturated heterocycles. The predicted octanol–water partition coefficient (Wildman–Crippen LogP) is 4.54. The van der Waals surface area contributed by atoms with Crippen LogP contribution >= 0.6 is 0 Å². The Morgan fingerprint density at radius 2 is 1.70 bits per heavy atom. The Kier molecular flexibility index (Phi) is 3.78. The second-order valence-electron chi connectivity index (χ2n) is 6.95. The van der Waals surface area contributed by atoms with Crippen LogP contribution in [-0.4, -0.2) is 25.9 Å². The van der Waals surface area contributed by atoms with Gasteiger partial charge in [0.05, 0.1) is 5.69 Å². The highest BCUT2D eigenvalue weighted by Crippen LogP contribution is 2.35. The van der Waals surface area contributed by atoms with Crippen LogP contribution in [-0.2, 0) is 0 Å². The van der Waals surface area contributed by atoms with Crippen molar-refractivity contribution in [1.82, 2.24) is 19.6 Å². The molecule has 5 rings (SSSR count). The fourth-order valence-electron chi connectivity index (χ4n) is 3.45. The smallest absolute Gasteiger partial charge is 0.253 e. The van der Waals surface area contributed by atoms with Crippen molar-refractivity contribution in [1.29, 1.82) is 0 Å². The van der Waals surface area contributed by atoms with E-state index in [1.165, 1.54) is 6.42 Å². The van der Waals surface area contributed by atoms with Gasteiger partial charge in [-0.05, 0) is 18.4 Å². The van der Waals surface area contributed by atoms with Gasteiger partial charge in [0.15, 0.2) is 5.82 Å². The van der Waals surface area contributed by atoms with E-state index in [0.717, 1.165) is 47.3 Å². The summed E-state index contributed by atoms with van der Waals surface area (Å²) < 4.78 is 1.79. The fourth-order valence-corrected chi connectivity index (χ4v) is 3.45. The molecule has 132 valence electrons. The van der Waals surface area contributed by atoms with Crippen LogP contribution in [0.2, 0.25) is 0 Å². The molecule has 0 N–H and O–H groups in total. The molecule has 5 nitrogen and oxygen atoms in total. The summed E-state index contributed by atoms with van der Waals surface area (Å²) in [5, 5.41) is 4.68. The highest BCUT2D eigenvalue weighted by Gasteiger charge is 2.24. The zero-order valence-corrected chi connectivity index (χ0v) is 14.7. The van der Waals surface area contributed by atoms with Crippen LogP contribution in [0.25, 0.3) is 28.2 Å². The van der Waals surface area contributed by atoms with Gasteiger partial charge in [0.25, 0.3) is 5.78 Å². The first-order valence-corrected chi connectivity index (χ1v) is 9.20. The van der Waals surface area contributed by atoms with Gasteiger partial charge in [-0.1, -0.05) is 61.0 Å². The summed E-state index contributed by atoms with van der Waals surface area (Å²) in [6, 6.07) is 17.6. The molecule has 0 spiro atoms. The van der Waals surface area contributed by atoms with Crippen molar-refractivity contribution in [3.63, 3.8) is 0 Å². The average Bonchev–Trinajstić information content (AvgIpc) is 3.08. The maximum absolute atomic E-state index is 11.0. The Hall–Kier alpha value is -3.34. The zero-order chi connectivity index (χ0) is 18.2. The van der Waals surface area contributed by atoms with Gasteiger partial charge in [-0.25, -0.2) is 9.50 Å². The maximum atomic E-state index is 11.0. The monoisotopic (exact) mass is 354 g/mol. The van der Waals surface area contributed by atoms with Crippen LogP contribution in [0.4, 0.5) is 0 Å². The fraction of sp³-hybridized carbons (Fsp3) is 0.182. The number of rotatable bonds is 4. The van der Waals surface area contributed by atoms with Crippen LogP contribution in [0.15, 0.2) is 60.8 Å². The van der Waals surface area contributed by atoms with E-state index in [2.05, 4.69) is 22.2 Å². The minimum atomic E-state index is 0.460. The standard InChI is InChI=1S/C22H18N4O/c27-14-15-9-11-17(12-10-15)20-19(16-5-2-1-3-6-16)13-26-22(23-20)24-21(25-26)18-7-4-8-18/h1-3,5-6,9-14,18H,4,7-8H2. The van der Waals surface area contributed by atoms with E-state index >= 15 is 0 Å². The molecule has 0 amide bonds. The summed E-state index contributed by atoms with van der Waals surface area (Å²) in [7, 11) is 0. The predicted molar refractivity (Wildman–Crippen MR) is 104 cm³/mol. The molecule has 2 heterocycles. The average molecular weight is 354 g/mol. The number of carbonyl (C=O) groups is 1. The third-order valence-electron chi connectivity index (χ3n) is 5.22. The first kappa shape index (κ1) is 15.9. The van der Waals surface area contributed by atoms with Gasteiger partial charge >= 0.3 is 0 Å². The summed E-state index contributed by atoms with van der Waals surface area (Å²) in [5.74, 6) is 1.97. The Morgan fingerprint density at radius 1 is 0.926 bits per heavy atom. The van der Waals surface area contributed by atoms with Crippen molar-refractivity contribution in [3.8, 4) is 22.4 Å². The van der Waals surface area contributed by atoms with Crippen molar-refractivity contribution >= 4 is 12.1 Å². The molecule has 5 heteroatoms. The van der Waals surface area contributed by atoms with Gasteiger partial charge in [-0.3, -0.25) is 4.79 Å². The second-order valence-corrected chi connectivity index (χ2v) is 6.95. The summed E-state index contributed by atoms with van der Waals surface area (Å²) in [6.45, 7) is 0. The number of hydrogen-bond acceptors (Lipinski definition) is 4. The lowest BCUT2D eigenvalue weighted by atomic mass is 9.85. The molecule has 0 aliphatic heterocycles. The van der Waals surface area contributed by atoms with Gasteiger partial charge in [0, 0.05) is 28.8 Å². The molecule has 0 radical (unpaired) electrons. The third kappa shape index (κ3) is 2.81. The maximum Gasteiger partial charge on any atom is 0.253 e. The van der Waals surface area contributed by atoms with Crippen LogP contribution < -0.4 is 0 Å². The molecule has 0 bridgehead atoms. The Labute approximate surface area is 156 Å². The molecule has 2 aromatic heterocycles. The first-order chi connectivity index (χ1) is 13.3. The first-order valence-electron chi connectivity index (χ1n) is 9.20. The summed E-state index contributed by atoms with van der Waals surface area (Å²) in [5.41, 5.74) is 4.51. The Bertz CT molecular complexity index is 1110. The van der Waals surface area contributed by atoms with Gasteiger partial charge in [0.1, 0.15) is 6.29 Å². The molecule has 1 aliphatic rings. The molecule has 1 saturated carbocycles. The van der Waals surface area contributed by atoms with Crippen molar-refractivity contribution in [2.75, 3.05) is 0 Å². The largest absolute Gasteiger partial charge is 0.298 e. The van der Waals surface area contributed by atoms with E-state index in [0.29, 0.717) is 17.3 Å². The van der Waals surface area contributed by atoms with Crippen molar-refractivity contribution in [3.05, 3.63) is 72.2 Å². The zero-order valence-electron chi connectivity index (χ0n) is 14.7. The molecule has 4 aromatic rings. The number of fused-ring (bicyclic) bond motifs is 1. The van der Waals surface area contributed by atoms with Crippen molar-refractivity contribution in [2.45, 2.75) is 25.2 Å². The molecule has 0 unspecified atom stereocenters.